The number of hydrogen-bond acceptors (Lipinski definition) is 6. The molecule has 0 heterocycles. The number of carboxylic acids is 1. The van der Waals surface area contributed by atoms with Crippen molar-refractivity contribution in [2.45, 2.75) is 18.2 Å². The van der Waals surface area contributed by atoms with E-state index in [9.17, 15) is 23.1 Å². The maximum atomic E-state index is 12.2. The lowest BCUT2D eigenvalue weighted by Crippen LogP contribution is -2.21. The molecule has 2 aromatic carbocycles. The monoisotopic (exact) mass is 447 g/mol. The van der Waals surface area contributed by atoms with Gasteiger partial charge in [-0.15, -0.1) is 0 Å². The van der Waals surface area contributed by atoms with E-state index in [4.69, 9.17) is 33.0 Å². The summed E-state index contributed by atoms with van der Waals surface area (Å²) in [5.74, 6) is -3.50. The summed E-state index contributed by atoms with van der Waals surface area (Å²) < 4.78 is 30.0. The van der Waals surface area contributed by atoms with Gasteiger partial charge in [-0.05, 0) is 30.7 Å². The molecular formula is C17H15Cl2NO7S. The zero-order chi connectivity index (χ0) is 21.1. The summed E-state index contributed by atoms with van der Waals surface area (Å²) in [4.78, 5) is 21.5. The van der Waals surface area contributed by atoms with Gasteiger partial charge in [0.2, 0.25) is 0 Å². The van der Waals surface area contributed by atoms with Gasteiger partial charge in [0.05, 0.1) is 15.8 Å². The second-order valence-electron chi connectivity index (χ2n) is 5.58. The molecule has 0 radical (unpaired) electrons. The zero-order valence-electron chi connectivity index (χ0n) is 14.4. The van der Waals surface area contributed by atoms with Crippen LogP contribution in [-0.2, 0) is 19.4 Å². The molecule has 1 amide bonds. The molecule has 8 nitrogen and oxygen atoms in total. The molecule has 0 unspecified atom stereocenters. The van der Waals surface area contributed by atoms with E-state index in [1.165, 1.54) is 24.3 Å². The predicted molar refractivity (Wildman–Crippen MR) is 103 cm³/mol. The number of phenols is 1. The number of rotatable bonds is 6. The maximum Gasteiger partial charge on any atom is 0.394 e. The van der Waals surface area contributed by atoms with Gasteiger partial charge in [0.15, 0.2) is 15.6 Å². The fraction of sp³-hybridized carbons (Fsp3) is 0.176. The summed E-state index contributed by atoms with van der Waals surface area (Å²) in [6.07, 6.45) is 0.369. The Morgan fingerprint density at radius 3 is 2.29 bits per heavy atom. The number of ether oxygens (including phenoxy) is 1. The zero-order valence-corrected chi connectivity index (χ0v) is 16.7. The number of aliphatic carboxylic acids is 1. The van der Waals surface area contributed by atoms with Gasteiger partial charge in [-0.25, -0.2) is 13.2 Å². The first-order valence-corrected chi connectivity index (χ1v) is 10.2. The van der Waals surface area contributed by atoms with Gasteiger partial charge in [-0.3, -0.25) is 4.79 Å². The van der Waals surface area contributed by atoms with Crippen LogP contribution in [0.15, 0.2) is 35.2 Å². The van der Waals surface area contributed by atoms with Crippen molar-refractivity contribution in [1.82, 2.24) is 0 Å². The Bertz CT molecular complexity index is 1010. The van der Waals surface area contributed by atoms with Crippen molar-refractivity contribution < 1.29 is 33.0 Å². The minimum Gasteiger partial charge on any atom is -0.507 e. The first-order chi connectivity index (χ1) is 13.0. The van der Waals surface area contributed by atoms with Crippen molar-refractivity contribution in [3.8, 4) is 17.2 Å². The van der Waals surface area contributed by atoms with E-state index in [1.54, 1.807) is 6.92 Å². The van der Waals surface area contributed by atoms with Crippen LogP contribution in [0, 0.1) is 0 Å². The van der Waals surface area contributed by atoms with Crippen LogP contribution in [0.2, 0.25) is 10.0 Å². The van der Waals surface area contributed by atoms with Crippen molar-refractivity contribution in [2.75, 3.05) is 11.1 Å². The molecule has 0 spiro atoms. The van der Waals surface area contributed by atoms with Gasteiger partial charge in [0.25, 0.3) is 0 Å². The van der Waals surface area contributed by atoms with Gasteiger partial charge in [-0.1, -0.05) is 30.1 Å². The third-order valence-electron chi connectivity index (χ3n) is 3.41. The Morgan fingerprint density at radius 2 is 1.75 bits per heavy atom. The van der Waals surface area contributed by atoms with E-state index < -0.39 is 27.5 Å². The van der Waals surface area contributed by atoms with Gasteiger partial charge < -0.3 is 20.3 Å². The summed E-state index contributed by atoms with van der Waals surface area (Å²) in [6.45, 7) is 1.69. The second-order valence-corrected chi connectivity index (χ2v) is 8.47. The number of hydrogen-bond donors (Lipinski definition) is 3. The van der Waals surface area contributed by atoms with Crippen molar-refractivity contribution in [1.29, 1.82) is 0 Å². The number of carbonyl (C=O) groups excluding carboxylic acids is 1. The number of carbonyl (C=O) groups is 2. The number of phenolic OH excluding ortho intramolecular Hbond substituents is 1. The number of aromatic hydroxyl groups is 1. The molecule has 0 saturated carbocycles. The Hall–Kier alpha value is -2.49. The van der Waals surface area contributed by atoms with Crippen LogP contribution in [0.5, 0.6) is 17.2 Å². The molecule has 0 atom stereocenters. The number of nitrogens with one attached hydrogen (secondary N) is 1. The van der Waals surface area contributed by atoms with Crippen molar-refractivity contribution in [3.05, 3.63) is 40.4 Å². The van der Waals surface area contributed by atoms with Crippen molar-refractivity contribution >= 4 is 50.6 Å². The first kappa shape index (κ1) is 21.8. The second kappa shape index (κ2) is 8.68. The normalized spacial score (nSPS) is 11.1. The number of halogens is 2. The SMILES string of the molecule is CCCS(=O)(=O)c1cc(Oc2c(Cl)cc(NC(=O)C(=O)O)cc2Cl)ccc1O. The number of amides is 1. The fourth-order valence-corrected chi connectivity index (χ4v) is 4.22. The quantitative estimate of drug-likeness (QED) is 0.575. The lowest BCUT2D eigenvalue weighted by molar-refractivity contribution is -0.147. The molecule has 0 aromatic heterocycles. The van der Waals surface area contributed by atoms with Crippen molar-refractivity contribution in [3.63, 3.8) is 0 Å². The van der Waals surface area contributed by atoms with E-state index in [1.807, 2.05) is 0 Å². The fourth-order valence-electron chi connectivity index (χ4n) is 2.22. The van der Waals surface area contributed by atoms with E-state index in [2.05, 4.69) is 5.32 Å². The number of sulfone groups is 1. The van der Waals surface area contributed by atoms with Crippen LogP contribution in [0.1, 0.15) is 13.3 Å². The summed E-state index contributed by atoms with van der Waals surface area (Å²) in [5.41, 5.74) is 0.0340. The molecule has 0 aliphatic heterocycles. The minimum atomic E-state index is -3.70. The average Bonchev–Trinajstić information content (AvgIpc) is 2.59. The molecule has 150 valence electrons. The van der Waals surface area contributed by atoms with Crippen LogP contribution in [-0.4, -0.2) is 36.3 Å². The molecule has 2 rings (SSSR count). The first-order valence-electron chi connectivity index (χ1n) is 7.82. The number of benzene rings is 2. The van der Waals surface area contributed by atoms with Crippen LogP contribution in [0.4, 0.5) is 5.69 Å². The summed E-state index contributed by atoms with van der Waals surface area (Å²) in [7, 11) is -3.70. The number of anilines is 1. The summed E-state index contributed by atoms with van der Waals surface area (Å²) in [5, 5.41) is 20.5. The molecule has 0 saturated heterocycles. The van der Waals surface area contributed by atoms with Gasteiger partial charge in [0.1, 0.15) is 16.4 Å². The van der Waals surface area contributed by atoms with Crippen LogP contribution < -0.4 is 10.1 Å². The predicted octanol–water partition coefficient (Wildman–Crippen LogP) is 3.70. The van der Waals surface area contributed by atoms with Gasteiger partial charge in [-0.2, -0.15) is 0 Å². The Morgan fingerprint density at radius 1 is 1.14 bits per heavy atom. The third-order valence-corrected chi connectivity index (χ3v) is 5.91. The molecule has 0 aliphatic rings. The topological polar surface area (TPSA) is 130 Å². The molecule has 0 bridgehead atoms. The highest BCUT2D eigenvalue weighted by Crippen LogP contribution is 2.40. The Kier molecular flexibility index (Phi) is 6.76. The summed E-state index contributed by atoms with van der Waals surface area (Å²) >= 11 is 12.2. The molecule has 11 heteroatoms. The minimum absolute atomic E-state index is 0.0340. The number of carboxylic acid groups (broad SMARTS) is 1. The largest absolute Gasteiger partial charge is 0.507 e. The molecule has 2 aromatic rings. The van der Waals surface area contributed by atoms with E-state index >= 15 is 0 Å². The smallest absolute Gasteiger partial charge is 0.394 e. The van der Waals surface area contributed by atoms with Crippen LogP contribution >= 0.6 is 23.2 Å². The lowest BCUT2D eigenvalue weighted by atomic mass is 10.2. The molecule has 3 N–H and O–H groups in total. The highest BCUT2D eigenvalue weighted by atomic mass is 35.5. The Labute approximate surface area is 170 Å². The van der Waals surface area contributed by atoms with E-state index in [0.29, 0.717) is 6.42 Å². The molecular weight excluding hydrogens is 433 g/mol. The van der Waals surface area contributed by atoms with Gasteiger partial charge >= 0.3 is 11.9 Å². The third kappa shape index (κ3) is 5.06. The van der Waals surface area contributed by atoms with E-state index in [0.717, 1.165) is 6.07 Å². The molecule has 0 fully saturated rings. The van der Waals surface area contributed by atoms with Crippen LogP contribution in [0.3, 0.4) is 0 Å². The highest BCUT2D eigenvalue weighted by Gasteiger charge is 2.20. The van der Waals surface area contributed by atoms with Gasteiger partial charge in [0, 0.05) is 11.8 Å². The lowest BCUT2D eigenvalue weighted by Gasteiger charge is -2.13. The molecule has 0 aliphatic carbocycles. The van der Waals surface area contributed by atoms with Crippen LogP contribution in [0.25, 0.3) is 0 Å². The van der Waals surface area contributed by atoms with E-state index in [-0.39, 0.29) is 37.9 Å². The van der Waals surface area contributed by atoms with Crippen molar-refractivity contribution in [2.24, 2.45) is 0 Å². The Balaban J connectivity index is 2.36. The maximum absolute atomic E-state index is 12.2. The standard InChI is InChI=1S/C17H15Cl2NO7S/c1-2-5-28(25,26)14-8-10(3-4-13(14)21)27-15-11(18)6-9(7-12(15)19)20-16(22)17(23)24/h3-4,6-8,21H,2,5H2,1H3,(H,20,22)(H,23,24). The average molecular weight is 448 g/mol. The molecule has 28 heavy (non-hydrogen) atoms. The summed E-state index contributed by atoms with van der Waals surface area (Å²) in [6, 6.07) is 6.08. The highest BCUT2D eigenvalue weighted by molar-refractivity contribution is 7.91.